The van der Waals surface area contributed by atoms with E-state index in [4.69, 9.17) is 9.47 Å². The second-order valence-corrected chi connectivity index (χ2v) is 7.59. The Morgan fingerprint density at radius 3 is 2.85 bits per heavy atom. The van der Waals surface area contributed by atoms with Crippen LogP contribution in [-0.4, -0.2) is 38.1 Å². The highest BCUT2D eigenvalue weighted by Crippen LogP contribution is 2.42. The number of fused-ring (bicyclic) bond motifs is 3. The normalized spacial score (nSPS) is 19.2. The summed E-state index contributed by atoms with van der Waals surface area (Å²) in [6.07, 6.45) is 0.583. The SMILES string of the molecule is CCN1CCc2c(sc3c2C(=O)N[C@H](c2cc(OC)ccc2OC)N3)C1. The maximum absolute atomic E-state index is 12.9. The van der Waals surface area contributed by atoms with Gasteiger partial charge in [0.1, 0.15) is 22.7 Å². The standard InChI is InChI=1S/C19H23N3O3S/c1-4-22-8-7-12-15(10-22)26-19-16(12)18(23)20-17(21-19)13-9-11(24-2)5-6-14(13)25-3/h5-6,9,17,21H,4,7-8,10H2,1-3H3,(H,20,23)/t17-/m0/s1. The van der Waals surface area contributed by atoms with Crippen LogP contribution in [0, 0.1) is 0 Å². The fourth-order valence-corrected chi connectivity index (χ4v) is 4.97. The number of benzene rings is 1. The van der Waals surface area contributed by atoms with Crippen LogP contribution in [-0.2, 0) is 13.0 Å². The van der Waals surface area contributed by atoms with Crippen molar-refractivity contribution in [1.29, 1.82) is 0 Å². The van der Waals surface area contributed by atoms with Gasteiger partial charge in [0.25, 0.3) is 5.91 Å². The molecular weight excluding hydrogens is 350 g/mol. The van der Waals surface area contributed by atoms with Gasteiger partial charge in [-0.05, 0) is 36.7 Å². The van der Waals surface area contributed by atoms with E-state index in [1.165, 1.54) is 10.4 Å². The fourth-order valence-electron chi connectivity index (χ4n) is 3.66. The van der Waals surface area contributed by atoms with Crippen LogP contribution >= 0.6 is 11.3 Å². The Hall–Kier alpha value is -2.25. The third kappa shape index (κ3) is 2.81. The van der Waals surface area contributed by atoms with Gasteiger partial charge in [-0.25, -0.2) is 0 Å². The van der Waals surface area contributed by atoms with Crippen molar-refractivity contribution in [2.45, 2.75) is 26.1 Å². The minimum atomic E-state index is -0.345. The summed E-state index contributed by atoms with van der Waals surface area (Å²) in [5, 5.41) is 7.53. The second-order valence-electron chi connectivity index (χ2n) is 6.49. The fraction of sp³-hybridized carbons (Fsp3) is 0.421. The third-order valence-corrected chi connectivity index (χ3v) is 6.26. The molecule has 1 aromatic heterocycles. The predicted molar refractivity (Wildman–Crippen MR) is 102 cm³/mol. The van der Waals surface area contributed by atoms with Crippen LogP contribution < -0.4 is 20.1 Å². The lowest BCUT2D eigenvalue weighted by atomic mass is 10.00. The molecule has 6 nitrogen and oxygen atoms in total. The van der Waals surface area contributed by atoms with E-state index in [1.54, 1.807) is 25.6 Å². The molecule has 26 heavy (non-hydrogen) atoms. The summed E-state index contributed by atoms with van der Waals surface area (Å²) < 4.78 is 10.8. The lowest BCUT2D eigenvalue weighted by Crippen LogP contribution is -2.39. The first-order chi connectivity index (χ1) is 12.6. The van der Waals surface area contributed by atoms with Gasteiger partial charge in [-0.1, -0.05) is 6.92 Å². The molecule has 138 valence electrons. The Morgan fingerprint density at radius 2 is 2.12 bits per heavy atom. The number of rotatable bonds is 4. The van der Waals surface area contributed by atoms with Gasteiger partial charge in [-0.2, -0.15) is 0 Å². The molecule has 0 bridgehead atoms. The highest BCUT2D eigenvalue weighted by molar-refractivity contribution is 7.16. The van der Waals surface area contributed by atoms with Crippen molar-refractivity contribution in [3.8, 4) is 11.5 Å². The van der Waals surface area contributed by atoms with Crippen molar-refractivity contribution in [2.24, 2.45) is 0 Å². The number of ether oxygens (including phenoxy) is 2. The molecule has 0 aliphatic carbocycles. The van der Waals surface area contributed by atoms with Gasteiger partial charge in [-0.15, -0.1) is 11.3 Å². The van der Waals surface area contributed by atoms with Gasteiger partial charge in [0.15, 0.2) is 0 Å². The van der Waals surface area contributed by atoms with Crippen molar-refractivity contribution in [3.63, 3.8) is 0 Å². The average Bonchev–Trinajstić information content (AvgIpc) is 3.05. The van der Waals surface area contributed by atoms with Gasteiger partial charge in [-0.3, -0.25) is 9.69 Å². The highest BCUT2D eigenvalue weighted by Gasteiger charge is 2.34. The van der Waals surface area contributed by atoms with E-state index in [9.17, 15) is 4.79 Å². The Balaban J connectivity index is 1.69. The number of thiophene rings is 1. The summed E-state index contributed by atoms with van der Waals surface area (Å²) >= 11 is 1.70. The van der Waals surface area contributed by atoms with Crippen LogP contribution in [0.15, 0.2) is 18.2 Å². The van der Waals surface area contributed by atoms with Crippen LogP contribution in [0.25, 0.3) is 0 Å². The molecule has 2 aliphatic rings. The van der Waals surface area contributed by atoms with Crippen LogP contribution in [0.2, 0.25) is 0 Å². The lowest BCUT2D eigenvalue weighted by Gasteiger charge is -2.28. The van der Waals surface area contributed by atoms with E-state index in [0.717, 1.165) is 47.9 Å². The smallest absolute Gasteiger partial charge is 0.256 e. The molecule has 0 saturated carbocycles. The monoisotopic (exact) mass is 373 g/mol. The third-order valence-electron chi connectivity index (χ3n) is 5.11. The Kier molecular flexibility index (Phi) is 4.50. The molecular formula is C19H23N3O3S. The lowest BCUT2D eigenvalue weighted by molar-refractivity contribution is 0.0934. The number of anilines is 1. The molecule has 0 radical (unpaired) electrons. The summed E-state index contributed by atoms with van der Waals surface area (Å²) in [5.74, 6) is 1.42. The summed E-state index contributed by atoms with van der Waals surface area (Å²) in [4.78, 5) is 16.6. The van der Waals surface area contributed by atoms with E-state index >= 15 is 0 Å². The van der Waals surface area contributed by atoms with Gasteiger partial charge in [0.2, 0.25) is 0 Å². The van der Waals surface area contributed by atoms with Crippen molar-refractivity contribution >= 4 is 22.2 Å². The van der Waals surface area contributed by atoms with E-state index in [0.29, 0.717) is 5.75 Å². The summed E-state index contributed by atoms with van der Waals surface area (Å²) in [6, 6.07) is 5.60. The Morgan fingerprint density at radius 1 is 1.27 bits per heavy atom. The largest absolute Gasteiger partial charge is 0.497 e. The summed E-state index contributed by atoms with van der Waals surface area (Å²) in [6.45, 7) is 5.14. The summed E-state index contributed by atoms with van der Waals surface area (Å²) in [7, 11) is 3.26. The number of likely N-dealkylation sites (N-methyl/N-ethyl adjacent to an activating group) is 1. The minimum Gasteiger partial charge on any atom is -0.497 e. The number of methoxy groups -OCH3 is 2. The van der Waals surface area contributed by atoms with Gasteiger partial charge < -0.3 is 20.1 Å². The Labute approximate surface area is 157 Å². The number of hydrogen-bond acceptors (Lipinski definition) is 6. The topological polar surface area (TPSA) is 62.8 Å². The van der Waals surface area contributed by atoms with Gasteiger partial charge >= 0.3 is 0 Å². The number of amides is 1. The number of hydrogen-bond donors (Lipinski definition) is 2. The Bertz CT molecular complexity index is 849. The second kappa shape index (κ2) is 6.81. The molecule has 0 spiro atoms. The number of carbonyl (C=O) groups is 1. The molecule has 1 aromatic carbocycles. The first kappa shape index (κ1) is 17.2. The van der Waals surface area contributed by atoms with Gasteiger partial charge in [0.05, 0.1) is 19.8 Å². The zero-order chi connectivity index (χ0) is 18.3. The van der Waals surface area contributed by atoms with Crippen LogP contribution in [0.5, 0.6) is 11.5 Å². The highest BCUT2D eigenvalue weighted by atomic mass is 32.1. The van der Waals surface area contributed by atoms with Crippen molar-refractivity contribution in [2.75, 3.05) is 32.6 Å². The first-order valence-corrected chi connectivity index (χ1v) is 9.62. The molecule has 0 fully saturated rings. The zero-order valence-corrected chi connectivity index (χ0v) is 16.0. The molecule has 3 heterocycles. The molecule has 0 unspecified atom stereocenters. The molecule has 1 amide bonds. The van der Waals surface area contributed by atoms with E-state index in [2.05, 4.69) is 22.5 Å². The maximum Gasteiger partial charge on any atom is 0.256 e. The molecule has 4 rings (SSSR count). The quantitative estimate of drug-likeness (QED) is 0.863. The maximum atomic E-state index is 12.9. The van der Waals surface area contributed by atoms with E-state index < -0.39 is 0 Å². The van der Waals surface area contributed by atoms with Crippen molar-refractivity contribution < 1.29 is 14.3 Å². The average molecular weight is 373 g/mol. The molecule has 0 saturated heterocycles. The number of nitrogens with zero attached hydrogens (tertiary/aromatic N) is 1. The van der Waals surface area contributed by atoms with E-state index in [1.807, 2.05) is 18.2 Å². The first-order valence-electron chi connectivity index (χ1n) is 8.80. The number of carbonyl (C=O) groups excluding carboxylic acids is 1. The molecule has 7 heteroatoms. The molecule has 2 aliphatic heterocycles. The van der Waals surface area contributed by atoms with Crippen LogP contribution in [0.3, 0.4) is 0 Å². The molecule has 1 atom stereocenters. The van der Waals surface area contributed by atoms with Crippen LogP contribution in [0.1, 0.15) is 39.5 Å². The van der Waals surface area contributed by atoms with Crippen LogP contribution in [0.4, 0.5) is 5.00 Å². The molecule has 2 N–H and O–H groups in total. The van der Waals surface area contributed by atoms with E-state index in [-0.39, 0.29) is 12.1 Å². The minimum absolute atomic E-state index is 0.0175. The van der Waals surface area contributed by atoms with Crippen molar-refractivity contribution in [3.05, 3.63) is 39.8 Å². The van der Waals surface area contributed by atoms with Gasteiger partial charge in [0, 0.05) is 23.5 Å². The predicted octanol–water partition coefficient (Wildman–Crippen LogP) is 3.00. The number of nitrogens with one attached hydrogen (secondary N) is 2. The van der Waals surface area contributed by atoms with Crippen molar-refractivity contribution in [1.82, 2.24) is 10.2 Å². The molecule has 2 aromatic rings. The zero-order valence-electron chi connectivity index (χ0n) is 15.2. The summed E-state index contributed by atoms with van der Waals surface area (Å²) in [5.41, 5.74) is 2.88.